The van der Waals surface area contributed by atoms with Crippen LogP contribution in [0.15, 0.2) is 29.3 Å². The fourth-order valence-corrected chi connectivity index (χ4v) is 4.86. The van der Waals surface area contributed by atoms with Gasteiger partial charge in [0.2, 0.25) is 0 Å². The van der Waals surface area contributed by atoms with Crippen molar-refractivity contribution >= 4 is 17.7 Å². The predicted octanol–water partition coefficient (Wildman–Crippen LogP) is 3.32. The quantitative estimate of drug-likeness (QED) is 0.609. The van der Waals surface area contributed by atoms with Crippen molar-refractivity contribution in [1.82, 2.24) is 10.6 Å². The van der Waals surface area contributed by atoms with Crippen LogP contribution in [0.2, 0.25) is 0 Å². The number of rotatable bonds is 5. The molecule has 4 nitrogen and oxygen atoms in total. The Morgan fingerprint density at radius 3 is 2.62 bits per heavy atom. The van der Waals surface area contributed by atoms with E-state index in [1.807, 2.05) is 30.9 Å². The van der Waals surface area contributed by atoms with Gasteiger partial charge in [0.15, 0.2) is 5.96 Å². The molecule has 1 aliphatic carbocycles. The molecule has 6 heteroatoms. The largest absolute Gasteiger partial charge is 0.381 e. The van der Waals surface area contributed by atoms with Gasteiger partial charge in [0.25, 0.3) is 0 Å². The Morgan fingerprint density at radius 2 is 2.00 bits per heavy atom. The topological polar surface area (TPSA) is 45.7 Å². The van der Waals surface area contributed by atoms with Crippen LogP contribution in [-0.4, -0.2) is 50.3 Å². The smallest absolute Gasteiger partial charge is 0.191 e. The van der Waals surface area contributed by atoms with Gasteiger partial charge >= 0.3 is 0 Å². The third-order valence-corrected chi connectivity index (χ3v) is 6.88. The minimum absolute atomic E-state index is 0.0406. The minimum atomic E-state index is -0.189. The van der Waals surface area contributed by atoms with E-state index in [9.17, 15) is 4.39 Å². The molecule has 0 bridgehead atoms. The van der Waals surface area contributed by atoms with Crippen LogP contribution in [0.25, 0.3) is 0 Å². The van der Waals surface area contributed by atoms with E-state index in [1.54, 1.807) is 12.1 Å². The molecule has 1 aliphatic heterocycles. The van der Waals surface area contributed by atoms with Crippen LogP contribution in [0.5, 0.6) is 0 Å². The third kappa shape index (κ3) is 4.71. The van der Waals surface area contributed by atoms with Gasteiger partial charge in [-0.25, -0.2) is 4.39 Å². The molecule has 2 aliphatic rings. The summed E-state index contributed by atoms with van der Waals surface area (Å²) in [6.07, 6.45) is 7.72. The molecule has 1 aromatic rings. The molecular weight excluding hydrogens is 349 g/mol. The number of guanidine groups is 1. The van der Waals surface area contributed by atoms with E-state index in [0.717, 1.165) is 43.8 Å². The standard InChI is InChI=1S/C20H30FN3OS/c1-22-19(24-17-7-8-18(13-17)26-2)23-14-20(9-11-25-12-10-20)15-3-5-16(21)6-4-15/h3-6,17-18H,7-14H2,1-2H3,(H2,22,23,24). The van der Waals surface area contributed by atoms with Crippen LogP contribution in [0.1, 0.15) is 37.7 Å². The average molecular weight is 380 g/mol. The Bertz CT molecular complexity index is 602. The first-order valence-corrected chi connectivity index (χ1v) is 10.8. The lowest BCUT2D eigenvalue weighted by molar-refractivity contribution is 0.0513. The summed E-state index contributed by atoms with van der Waals surface area (Å²) in [6, 6.07) is 7.44. The highest BCUT2D eigenvalue weighted by atomic mass is 32.2. The highest BCUT2D eigenvalue weighted by Gasteiger charge is 2.35. The summed E-state index contributed by atoms with van der Waals surface area (Å²) >= 11 is 1.96. The van der Waals surface area contributed by atoms with Crippen molar-refractivity contribution in [2.45, 2.75) is 48.8 Å². The Kier molecular flexibility index (Phi) is 6.81. The second kappa shape index (κ2) is 9.09. The predicted molar refractivity (Wildman–Crippen MR) is 108 cm³/mol. The van der Waals surface area contributed by atoms with Crippen LogP contribution < -0.4 is 10.6 Å². The first kappa shape index (κ1) is 19.5. The highest BCUT2D eigenvalue weighted by molar-refractivity contribution is 7.99. The van der Waals surface area contributed by atoms with Crippen molar-refractivity contribution in [3.63, 3.8) is 0 Å². The first-order valence-electron chi connectivity index (χ1n) is 9.49. The molecule has 144 valence electrons. The van der Waals surface area contributed by atoms with E-state index in [-0.39, 0.29) is 11.2 Å². The van der Waals surface area contributed by atoms with Crippen molar-refractivity contribution < 1.29 is 9.13 Å². The summed E-state index contributed by atoms with van der Waals surface area (Å²) in [4.78, 5) is 4.42. The van der Waals surface area contributed by atoms with Gasteiger partial charge in [-0.3, -0.25) is 4.99 Å². The molecule has 0 spiro atoms. The van der Waals surface area contributed by atoms with Crippen LogP contribution >= 0.6 is 11.8 Å². The molecule has 1 heterocycles. The maximum absolute atomic E-state index is 13.4. The number of thioether (sulfide) groups is 1. The monoisotopic (exact) mass is 379 g/mol. The van der Waals surface area contributed by atoms with E-state index in [0.29, 0.717) is 6.04 Å². The molecule has 1 saturated heterocycles. The number of hydrogen-bond acceptors (Lipinski definition) is 3. The molecule has 2 N–H and O–H groups in total. The molecule has 2 fully saturated rings. The van der Waals surface area contributed by atoms with Gasteiger partial charge in [0.1, 0.15) is 5.82 Å². The number of ether oxygens (including phenoxy) is 1. The maximum Gasteiger partial charge on any atom is 0.191 e. The number of nitrogens with one attached hydrogen (secondary N) is 2. The van der Waals surface area contributed by atoms with E-state index in [2.05, 4.69) is 21.9 Å². The average Bonchev–Trinajstić information content (AvgIpc) is 3.14. The Balaban J connectivity index is 1.64. The molecule has 26 heavy (non-hydrogen) atoms. The summed E-state index contributed by atoms with van der Waals surface area (Å²) in [5.41, 5.74) is 1.13. The molecule has 3 rings (SSSR count). The van der Waals surface area contributed by atoms with Gasteiger partial charge in [-0.05, 0) is 56.1 Å². The lowest BCUT2D eigenvalue weighted by atomic mass is 9.74. The van der Waals surface area contributed by atoms with Crippen LogP contribution in [-0.2, 0) is 10.2 Å². The van der Waals surface area contributed by atoms with Gasteiger partial charge in [-0.2, -0.15) is 11.8 Å². The van der Waals surface area contributed by atoms with Gasteiger partial charge in [0, 0.05) is 43.5 Å². The molecule has 2 unspecified atom stereocenters. The molecule has 1 aromatic carbocycles. The lowest BCUT2D eigenvalue weighted by Crippen LogP contribution is -2.49. The molecule has 0 radical (unpaired) electrons. The summed E-state index contributed by atoms with van der Waals surface area (Å²) in [6.45, 7) is 2.26. The number of aliphatic imine (C=N–C) groups is 1. The molecule has 1 saturated carbocycles. The lowest BCUT2D eigenvalue weighted by Gasteiger charge is -2.38. The van der Waals surface area contributed by atoms with Crippen molar-refractivity contribution in [3.8, 4) is 0 Å². The molecule has 2 atom stereocenters. The summed E-state index contributed by atoms with van der Waals surface area (Å²) in [7, 11) is 1.82. The van der Waals surface area contributed by atoms with E-state index in [1.165, 1.54) is 24.8 Å². The van der Waals surface area contributed by atoms with Crippen molar-refractivity contribution in [1.29, 1.82) is 0 Å². The SMILES string of the molecule is CN=C(NCC1(c2ccc(F)cc2)CCOCC1)NC1CCC(SC)C1. The summed E-state index contributed by atoms with van der Waals surface area (Å²) in [5.74, 6) is 0.677. The maximum atomic E-state index is 13.4. The number of benzene rings is 1. The van der Waals surface area contributed by atoms with Gasteiger partial charge < -0.3 is 15.4 Å². The first-order chi connectivity index (χ1) is 12.6. The summed E-state index contributed by atoms with van der Waals surface area (Å²) < 4.78 is 18.9. The van der Waals surface area contributed by atoms with E-state index >= 15 is 0 Å². The van der Waals surface area contributed by atoms with Crippen LogP contribution in [0.3, 0.4) is 0 Å². The van der Waals surface area contributed by atoms with Crippen molar-refractivity contribution in [2.75, 3.05) is 33.1 Å². The fourth-order valence-electron chi connectivity index (χ4n) is 4.06. The van der Waals surface area contributed by atoms with E-state index in [4.69, 9.17) is 4.74 Å². The Labute approximate surface area is 160 Å². The fraction of sp³-hybridized carbons (Fsp3) is 0.650. The number of nitrogens with zero attached hydrogens (tertiary/aromatic N) is 1. The highest BCUT2D eigenvalue weighted by Crippen LogP contribution is 2.34. The third-order valence-electron chi connectivity index (χ3n) is 5.78. The molecule has 0 amide bonds. The summed E-state index contributed by atoms with van der Waals surface area (Å²) in [5, 5.41) is 7.87. The molecular formula is C20H30FN3OS. The Hall–Kier alpha value is -1.27. The van der Waals surface area contributed by atoms with Crippen LogP contribution in [0, 0.1) is 5.82 Å². The van der Waals surface area contributed by atoms with Gasteiger partial charge in [-0.1, -0.05) is 12.1 Å². The minimum Gasteiger partial charge on any atom is -0.381 e. The zero-order valence-electron chi connectivity index (χ0n) is 15.8. The Morgan fingerprint density at radius 1 is 1.27 bits per heavy atom. The van der Waals surface area contributed by atoms with Crippen molar-refractivity contribution in [2.24, 2.45) is 4.99 Å². The second-order valence-corrected chi connectivity index (χ2v) is 8.48. The second-order valence-electron chi connectivity index (χ2n) is 7.34. The van der Waals surface area contributed by atoms with E-state index < -0.39 is 0 Å². The number of hydrogen-bond donors (Lipinski definition) is 2. The molecule has 0 aromatic heterocycles. The van der Waals surface area contributed by atoms with Crippen LogP contribution in [0.4, 0.5) is 4.39 Å². The normalized spacial score (nSPS) is 25.9. The van der Waals surface area contributed by atoms with Gasteiger partial charge in [-0.15, -0.1) is 0 Å². The zero-order valence-corrected chi connectivity index (χ0v) is 16.6. The van der Waals surface area contributed by atoms with Crippen molar-refractivity contribution in [3.05, 3.63) is 35.6 Å². The number of halogens is 1. The zero-order chi connectivity index (χ0) is 18.4. The van der Waals surface area contributed by atoms with Gasteiger partial charge in [0.05, 0.1) is 0 Å².